The highest BCUT2D eigenvalue weighted by atomic mass is 35.5. The van der Waals surface area contributed by atoms with Crippen LogP contribution in [0.4, 0.5) is 5.69 Å². The molecule has 1 saturated carbocycles. The minimum atomic E-state index is -0.725. The standard InChI is InChI=1S/C14H16ClNO2/c15-8-5-6-12-10(7-8)13(14(17)18)9-3-1-2-4-11(9)16-12/h5-7,9,11,13,16H,1-4H2,(H,17,18). The van der Waals surface area contributed by atoms with Gasteiger partial charge in [-0.05, 0) is 42.5 Å². The molecule has 0 radical (unpaired) electrons. The number of fused-ring (bicyclic) bond motifs is 2. The van der Waals surface area contributed by atoms with Crippen molar-refractivity contribution < 1.29 is 9.90 Å². The van der Waals surface area contributed by atoms with E-state index in [0.29, 0.717) is 11.1 Å². The predicted molar refractivity (Wildman–Crippen MR) is 71.2 cm³/mol. The van der Waals surface area contributed by atoms with E-state index in [9.17, 15) is 9.90 Å². The van der Waals surface area contributed by atoms with Crippen molar-refractivity contribution in [3.05, 3.63) is 28.8 Å². The maximum atomic E-state index is 11.6. The van der Waals surface area contributed by atoms with Gasteiger partial charge >= 0.3 is 5.97 Å². The van der Waals surface area contributed by atoms with Crippen LogP contribution in [0.25, 0.3) is 0 Å². The van der Waals surface area contributed by atoms with E-state index in [-0.39, 0.29) is 5.92 Å². The van der Waals surface area contributed by atoms with Crippen molar-refractivity contribution in [1.29, 1.82) is 0 Å². The molecule has 2 N–H and O–H groups in total. The number of nitrogens with one attached hydrogen (secondary N) is 1. The zero-order valence-electron chi connectivity index (χ0n) is 10.0. The monoisotopic (exact) mass is 265 g/mol. The van der Waals surface area contributed by atoms with E-state index in [4.69, 9.17) is 11.6 Å². The van der Waals surface area contributed by atoms with E-state index < -0.39 is 11.9 Å². The number of carbonyl (C=O) groups is 1. The Bertz CT molecular complexity index is 489. The zero-order valence-corrected chi connectivity index (χ0v) is 10.8. The summed E-state index contributed by atoms with van der Waals surface area (Å²) >= 11 is 6.00. The number of benzene rings is 1. The molecule has 96 valence electrons. The van der Waals surface area contributed by atoms with Crippen molar-refractivity contribution in [3.8, 4) is 0 Å². The third-order valence-electron chi connectivity index (χ3n) is 4.20. The molecule has 1 fully saturated rings. The second-order valence-corrected chi connectivity index (χ2v) is 5.68. The average molecular weight is 266 g/mol. The van der Waals surface area contributed by atoms with Crippen LogP contribution in [0.5, 0.6) is 0 Å². The fraction of sp³-hybridized carbons (Fsp3) is 0.500. The van der Waals surface area contributed by atoms with E-state index in [1.807, 2.05) is 12.1 Å². The van der Waals surface area contributed by atoms with Crippen molar-refractivity contribution in [3.63, 3.8) is 0 Å². The maximum absolute atomic E-state index is 11.6. The molecule has 3 unspecified atom stereocenters. The van der Waals surface area contributed by atoms with Gasteiger partial charge in [0.1, 0.15) is 0 Å². The van der Waals surface area contributed by atoms with Gasteiger partial charge in [0.25, 0.3) is 0 Å². The second-order valence-electron chi connectivity index (χ2n) is 5.25. The van der Waals surface area contributed by atoms with Crippen LogP contribution < -0.4 is 5.32 Å². The largest absolute Gasteiger partial charge is 0.481 e. The second kappa shape index (κ2) is 4.47. The topological polar surface area (TPSA) is 49.3 Å². The van der Waals surface area contributed by atoms with E-state index in [0.717, 1.165) is 30.5 Å². The highest BCUT2D eigenvalue weighted by Gasteiger charge is 2.41. The number of hydrogen-bond donors (Lipinski definition) is 2. The third kappa shape index (κ3) is 1.87. The SMILES string of the molecule is O=C(O)C1c2cc(Cl)ccc2NC2CCCCC21. The molecule has 4 heteroatoms. The summed E-state index contributed by atoms with van der Waals surface area (Å²) < 4.78 is 0. The van der Waals surface area contributed by atoms with Crippen LogP contribution >= 0.6 is 11.6 Å². The summed E-state index contributed by atoms with van der Waals surface area (Å²) in [5, 5.41) is 13.6. The zero-order chi connectivity index (χ0) is 12.7. The molecular formula is C14H16ClNO2. The summed E-state index contributed by atoms with van der Waals surface area (Å²) in [6, 6.07) is 5.81. The van der Waals surface area contributed by atoms with Gasteiger partial charge in [0.15, 0.2) is 0 Å². The summed E-state index contributed by atoms with van der Waals surface area (Å²) in [6.45, 7) is 0. The minimum absolute atomic E-state index is 0.196. The number of carboxylic acid groups (broad SMARTS) is 1. The van der Waals surface area contributed by atoms with Crippen LogP contribution in [-0.4, -0.2) is 17.1 Å². The quantitative estimate of drug-likeness (QED) is 0.817. The molecule has 1 aliphatic heterocycles. The van der Waals surface area contributed by atoms with Gasteiger partial charge in [0.05, 0.1) is 5.92 Å². The Morgan fingerprint density at radius 1 is 1.33 bits per heavy atom. The molecule has 18 heavy (non-hydrogen) atoms. The summed E-state index contributed by atoms with van der Waals surface area (Å²) in [4.78, 5) is 11.6. The molecule has 1 aromatic rings. The molecule has 0 amide bonds. The van der Waals surface area contributed by atoms with Crippen LogP contribution in [0, 0.1) is 5.92 Å². The predicted octanol–water partition coefficient (Wildman–Crippen LogP) is 3.49. The molecule has 1 heterocycles. The Hall–Kier alpha value is -1.22. The number of aliphatic carboxylic acids is 1. The van der Waals surface area contributed by atoms with Gasteiger partial charge in [0.2, 0.25) is 0 Å². The number of halogens is 1. The fourth-order valence-corrected chi connectivity index (χ4v) is 3.59. The Morgan fingerprint density at radius 2 is 2.11 bits per heavy atom. The van der Waals surface area contributed by atoms with Gasteiger partial charge in [-0.15, -0.1) is 0 Å². The minimum Gasteiger partial charge on any atom is -0.481 e. The van der Waals surface area contributed by atoms with Crippen molar-refractivity contribution in [2.45, 2.75) is 37.6 Å². The molecule has 0 saturated heterocycles. The normalized spacial score (nSPS) is 29.9. The Balaban J connectivity index is 2.07. The lowest BCUT2D eigenvalue weighted by atomic mass is 9.71. The first-order chi connectivity index (χ1) is 8.66. The highest BCUT2D eigenvalue weighted by Crippen LogP contribution is 2.45. The number of hydrogen-bond acceptors (Lipinski definition) is 2. The summed E-state index contributed by atoms with van der Waals surface area (Å²) in [5.41, 5.74) is 1.79. The number of anilines is 1. The molecule has 3 rings (SSSR count). The van der Waals surface area contributed by atoms with Crippen LogP contribution in [-0.2, 0) is 4.79 Å². The molecule has 1 aromatic carbocycles. The molecular weight excluding hydrogens is 250 g/mol. The van der Waals surface area contributed by atoms with Crippen LogP contribution in [0.2, 0.25) is 5.02 Å². The molecule has 3 nitrogen and oxygen atoms in total. The summed E-state index contributed by atoms with van der Waals surface area (Å²) in [7, 11) is 0. The smallest absolute Gasteiger partial charge is 0.311 e. The molecule has 0 bridgehead atoms. The van der Waals surface area contributed by atoms with Crippen molar-refractivity contribution in [1.82, 2.24) is 0 Å². The lowest BCUT2D eigenvalue weighted by Gasteiger charge is -2.41. The first-order valence-electron chi connectivity index (χ1n) is 6.45. The Labute approximate surface area is 111 Å². The van der Waals surface area contributed by atoms with Crippen molar-refractivity contribution in [2.24, 2.45) is 5.92 Å². The van der Waals surface area contributed by atoms with Crippen LogP contribution in [0.3, 0.4) is 0 Å². The van der Waals surface area contributed by atoms with E-state index >= 15 is 0 Å². The van der Waals surface area contributed by atoms with Gasteiger partial charge in [-0.2, -0.15) is 0 Å². The average Bonchev–Trinajstić information content (AvgIpc) is 2.35. The van der Waals surface area contributed by atoms with E-state index in [1.54, 1.807) is 6.07 Å². The molecule has 2 aliphatic rings. The third-order valence-corrected chi connectivity index (χ3v) is 4.44. The molecule has 3 atom stereocenters. The summed E-state index contributed by atoms with van der Waals surface area (Å²) in [5.74, 6) is -0.940. The fourth-order valence-electron chi connectivity index (χ4n) is 3.41. The van der Waals surface area contributed by atoms with Gasteiger partial charge in [0, 0.05) is 16.8 Å². The van der Waals surface area contributed by atoms with Gasteiger partial charge < -0.3 is 10.4 Å². The van der Waals surface area contributed by atoms with Crippen molar-refractivity contribution >= 4 is 23.3 Å². The Morgan fingerprint density at radius 3 is 2.89 bits per heavy atom. The van der Waals surface area contributed by atoms with Crippen LogP contribution in [0.15, 0.2) is 18.2 Å². The number of rotatable bonds is 1. The van der Waals surface area contributed by atoms with Gasteiger partial charge in [-0.25, -0.2) is 0 Å². The first-order valence-corrected chi connectivity index (χ1v) is 6.83. The lowest BCUT2D eigenvalue weighted by molar-refractivity contribution is -0.140. The number of carboxylic acids is 1. The van der Waals surface area contributed by atoms with Crippen LogP contribution in [0.1, 0.15) is 37.2 Å². The Kier molecular flexibility index (Phi) is 2.94. The molecule has 0 spiro atoms. The van der Waals surface area contributed by atoms with Gasteiger partial charge in [-0.1, -0.05) is 24.4 Å². The van der Waals surface area contributed by atoms with E-state index in [2.05, 4.69) is 5.32 Å². The van der Waals surface area contributed by atoms with E-state index in [1.165, 1.54) is 6.42 Å². The lowest BCUT2D eigenvalue weighted by Crippen LogP contribution is -2.42. The highest BCUT2D eigenvalue weighted by molar-refractivity contribution is 6.30. The van der Waals surface area contributed by atoms with Crippen molar-refractivity contribution in [2.75, 3.05) is 5.32 Å². The molecule has 1 aliphatic carbocycles. The molecule has 0 aromatic heterocycles. The maximum Gasteiger partial charge on any atom is 0.311 e. The summed E-state index contributed by atoms with van der Waals surface area (Å²) in [6.07, 6.45) is 4.36. The first kappa shape index (κ1) is 11.8. The van der Waals surface area contributed by atoms with Gasteiger partial charge in [-0.3, -0.25) is 4.79 Å².